The summed E-state index contributed by atoms with van der Waals surface area (Å²) in [7, 11) is 0. The molecule has 2 fully saturated rings. The number of ether oxygens (including phenoxy) is 1. The average Bonchev–Trinajstić information content (AvgIpc) is 3.00. The lowest BCUT2D eigenvalue weighted by atomic mass is 9.89. The molecule has 0 aromatic heterocycles. The maximum Gasteiger partial charge on any atom is 0.237 e. The van der Waals surface area contributed by atoms with E-state index in [0.717, 1.165) is 19.4 Å². The van der Waals surface area contributed by atoms with Crippen LogP contribution in [0.3, 0.4) is 0 Å². The average molecular weight is 355 g/mol. The quantitative estimate of drug-likeness (QED) is 0.770. The van der Waals surface area contributed by atoms with Crippen LogP contribution in [0.4, 0.5) is 0 Å². The molecule has 2 heterocycles. The highest BCUT2D eigenvalue weighted by Crippen LogP contribution is 2.33. The minimum absolute atomic E-state index is 0. The molecule has 0 radical (unpaired) electrons. The highest BCUT2D eigenvalue weighted by atomic mass is 35.5. The molecule has 0 aliphatic carbocycles. The summed E-state index contributed by atoms with van der Waals surface area (Å²) < 4.78 is 5.98. The van der Waals surface area contributed by atoms with E-state index in [1.807, 2.05) is 0 Å². The van der Waals surface area contributed by atoms with Crippen molar-refractivity contribution in [3.8, 4) is 0 Å². The Morgan fingerprint density at radius 3 is 2.79 bits per heavy atom. The van der Waals surface area contributed by atoms with Gasteiger partial charge in [0.15, 0.2) is 0 Å². The lowest BCUT2D eigenvalue weighted by Crippen LogP contribution is -2.43. The summed E-state index contributed by atoms with van der Waals surface area (Å²) in [6.45, 7) is 3.97. The molecule has 2 saturated heterocycles. The third-order valence-corrected chi connectivity index (χ3v) is 4.81. The largest absolute Gasteiger partial charge is 0.392 e. The van der Waals surface area contributed by atoms with Crippen LogP contribution in [-0.4, -0.2) is 42.9 Å². The van der Waals surface area contributed by atoms with Gasteiger partial charge in [0.25, 0.3) is 0 Å². The third-order valence-electron chi connectivity index (χ3n) is 4.81. The number of hydrogen-bond donors (Lipinski definition) is 3. The van der Waals surface area contributed by atoms with Crippen molar-refractivity contribution in [1.82, 2.24) is 10.6 Å². The zero-order valence-electron chi connectivity index (χ0n) is 14.0. The van der Waals surface area contributed by atoms with E-state index >= 15 is 0 Å². The number of amides is 1. The van der Waals surface area contributed by atoms with Crippen molar-refractivity contribution in [3.05, 3.63) is 35.4 Å². The molecule has 2 aliphatic rings. The molecule has 3 N–H and O–H groups in total. The zero-order valence-corrected chi connectivity index (χ0v) is 14.8. The summed E-state index contributed by atoms with van der Waals surface area (Å²) in [4.78, 5) is 12.2. The molecule has 0 saturated carbocycles. The number of nitrogens with one attached hydrogen (secondary N) is 2. The van der Waals surface area contributed by atoms with Crippen molar-refractivity contribution in [1.29, 1.82) is 0 Å². The fraction of sp³-hybridized carbons (Fsp3) is 0.611. The number of benzene rings is 1. The van der Waals surface area contributed by atoms with Gasteiger partial charge in [-0.25, -0.2) is 0 Å². The molecule has 1 aromatic carbocycles. The number of aliphatic hydroxyl groups is 1. The van der Waals surface area contributed by atoms with Gasteiger partial charge in [-0.2, -0.15) is 0 Å². The molecule has 1 amide bonds. The molecule has 4 unspecified atom stereocenters. The summed E-state index contributed by atoms with van der Waals surface area (Å²) in [5.74, 6) is 0.275. The molecular weight excluding hydrogens is 328 g/mol. The van der Waals surface area contributed by atoms with Crippen LogP contribution in [0.15, 0.2) is 24.3 Å². The van der Waals surface area contributed by atoms with Crippen LogP contribution in [0.5, 0.6) is 0 Å². The number of halogens is 1. The Kier molecular flexibility index (Phi) is 7.04. The standard InChI is InChI=1S/C18H26N2O3.ClH/c1-12-4-6-13(7-5-12)17-14(3-2-8-23-17)10-20-18(22)16-9-15(21)11-19-16;/h4-7,14-17,19,21H,2-3,8-11H2,1H3,(H,20,22);1H. The second-order valence-electron chi connectivity index (χ2n) is 6.70. The van der Waals surface area contributed by atoms with Crippen LogP contribution in [0.25, 0.3) is 0 Å². The van der Waals surface area contributed by atoms with Gasteiger partial charge in [-0.15, -0.1) is 12.4 Å². The minimum Gasteiger partial charge on any atom is -0.392 e. The molecule has 0 spiro atoms. The van der Waals surface area contributed by atoms with Gasteiger partial charge in [0, 0.05) is 25.6 Å². The Morgan fingerprint density at radius 2 is 2.12 bits per heavy atom. The van der Waals surface area contributed by atoms with Crippen LogP contribution < -0.4 is 10.6 Å². The Hall–Kier alpha value is -1.14. The van der Waals surface area contributed by atoms with Crippen LogP contribution in [0.1, 0.15) is 36.5 Å². The van der Waals surface area contributed by atoms with E-state index in [2.05, 4.69) is 41.8 Å². The molecule has 5 nitrogen and oxygen atoms in total. The molecule has 0 bridgehead atoms. The van der Waals surface area contributed by atoms with Gasteiger partial charge in [-0.3, -0.25) is 4.79 Å². The van der Waals surface area contributed by atoms with Crippen molar-refractivity contribution >= 4 is 18.3 Å². The number of carbonyl (C=O) groups is 1. The van der Waals surface area contributed by atoms with Crippen LogP contribution in [0, 0.1) is 12.8 Å². The number of β-amino-alcohol motifs (C(OH)–C–C–N with tert-alkyl or cyclic N) is 1. The maximum atomic E-state index is 12.2. The number of rotatable bonds is 4. The first kappa shape index (κ1) is 19.2. The van der Waals surface area contributed by atoms with Gasteiger partial charge in [-0.1, -0.05) is 29.8 Å². The fourth-order valence-electron chi connectivity index (χ4n) is 3.45. The van der Waals surface area contributed by atoms with E-state index in [0.29, 0.717) is 25.4 Å². The van der Waals surface area contributed by atoms with Crippen molar-refractivity contribution in [2.24, 2.45) is 5.92 Å². The van der Waals surface area contributed by atoms with Gasteiger partial charge in [-0.05, 0) is 31.7 Å². The van der Waals surface area contributed by atoms with Gasteiger partial charge >= 0.3 is 0 Å². The lowest BCUT2D eigenvalue weighted by Gasteiger charge is -2.32. The Labute approximate surface area is 149 Å². The summed E-state index contributed by atoms with van der Waals surface area (Å²) in [6, 6.07) is 8.18. The third kappa shape index (κ3) is 4.70. The molecule has 1 aromatic rings. The van der Waals surface area contributed by atoms with E-state index in [1.54, 1.807) is 0 Å². The second-order valence-corrected chi connectivity index (χ2v) is 6.70. The SMILES string of the molecule is Cc1ccc(C2OCCCC2CNC(=O)C2CC(O)CN2)cc1.Cl. The maximum absolute atomic E-state index is 12.2. The highest BCUT2D eigenvalue weighted by Gasteiger charge is 2.31. The Morgan fingerprint density at radius 1 is 1.38 bits per heavy atom. The minimum atomic E-state index is -0.413. The van der Waals surface area contributed by atoms with E-state index in [9.17, 15) is 9.90 Å². The van der Waals surface area contributed by atoms with Gasteiger partial charge in [0.05, 0.1) is 18.2 Å². The summed E-state index contributed by atoms with van der Waals surface area (Å²) in [5.41, 5.74) is 2.42. The van der Waals surface area contributed by atoms with Crippen LogP contribution in [-0.2, 0) is 9.53 Å². The van der Waals surface area contributed by atoms with E-state index in [4.69, 9.17) is 4.74 Å². The van der Waals surface area contributed by atoms with E-state index in [1.165, 1.54) is 11.1 Å². The molecule has 6 heteroatoms. The first-order valence-electron chi connectivity index (χ1n) is 8.51. The number of aryl methyl sites for hydroxylation is 1. The van der Waals surface area contributed by atoms with E-state index in [-0.39, 0.29) is 30.5 Å². The fourth-order valence-corrected chi connectivity index (χ4v) is 3.45. The number of hydrogen-bond acceptors (Lipinski definition) is 4. The molecule has 2 aliphatic heterocycles. The van der Waals surface area contributed by atoms with Crippen molar-refractivity contribution in [2.75, 3.05) is 19.7 Å². The van der Waals surface area contributed by atoms with E-state index < -0.39 is 6.10 Å². The second kappa shape index (κ2) is 8.81. The summed E-state index contributed by atoms with van der Waals surface area (Å²) in [6.07, 6.45) is 2.22. The Bertz CT molecular complexity index is 538. The topological polar surface area (TPSA) is 70.6 Å². The molecular formula is C18H27ClN2O3. The summed E-state index contributed by atoms with van der Waals surface area (Å²) in [5, 5.41) is 15.6. The van der Waals surface area contributed by atoms with Crippen LogP contribution in [0.2, 0.25) is 0 Å². The summed E-state index contributed by atoms with van der Waals surface area (Å²) >= 11 is 0. The number of aliphatic hydroxyl groups excluding tert-OH is 1. The zero-order chi connectivity index (χ0) is 16.2. The van der Waals surface area contributed by atoms with Gasteiger partial charge in [0.1, 0.15) is 0 Å². The highest BCUT2D eigenvalue weighted by molar-refractivity contribution is 5.85. The molecule has 4 atom stereocenters. The molecule has 134 valence electrons. The van der Waals surface area contributed by atoms with Crippen molar-refractivity contribution in [2.45, 2.75) is 44.4 Å². The predicted molar refractivity (Wildman–Crippen MR) is 95.3 cm³/mol. The first-order chi connectivity index (χ1) is 11.1. The first-order valence-corrected chi connectivity index (χ1v) is 8.51. The predicted octanol–water partition coefficient (Wildman–Crippen LogP) is 1.72. The monoisotopic (exact) mass is 354 g/mol. The van der Waals surface area contributed by atoms with Gasteiger partial charge in [0.2, 0.25) is 5.91 Å². The smallest absolute Gasteiger partial charge is 0.237 e. The molecule has 24 heavy (non-hydrogen) atoms. The van der Waals surface area contributed by atoms with Crippen molar-refractivity contribution < 1.29 is 14.6 Å². The van der Waals surface area contributed by atoms with Gasteiger partial charge < -0.3 is 20.5 Å². The molecule has 3 rings (SSSR count). The Balaban J connectivity index is 0.00000208. The van der Waals surface area contributed by atoms with Crippen LogP contribution >= 0.6 is 12.4 Å². The normalized spacial score (nSPS) is 29.8. The number of carbonyl (C=O) groups excluding carboxylic acids is 1. The lowest BCUT2D eigenvalue weighted by molar-refractivity contribution is -0.123. The van der Waals surface area contributed by atoms with Crippen molar-refractivity contribution in [3.63, 3.8) is 0 Å².